The van der Waals surface area contributed by atoms with E-state index in [9.17, 15) is 9.90 Å². The molecule has 6 unspecified atom stereocenters. The summed E-state index contributed by atoms with van der Waals surface area (Å²) in [6.45, 7) is 9.99. The normalized spacial score (nSPS) is 55.2. The fourth-order valence-electron chi connectivity index (χ4n) is 4.52. The van der Waals surface area contributed by atoms with Crippen molar-refractivity contribution in [3.8, 4) is 0 Å². The van der Waals surface area contributed by atoms with Gasteiger partial charge in [-0.25, -0.2) is 4.79 Å². The molecule has 19 heavy (non-hydrogen) atoms. The molecule has 0 aromatic heterocycles. The molecule has 2 aliphatic carbocycles. The monoisotopic (exact) mass is 262 g/mol. The van der Waals surface area contributed by atoms with Crippen LogP contribution >= 0.6 is 0 Å². The number of carbonyl (C=O) groups excluding carboxylic acids is 1. The van der Waals surface area contributed by atoms with Crippen LogP contribution in [0.4, 0.5) is 0 Å². The van der Waals surface area contributed by atoms with Gasteiger partial charge in [0, 0.05) is 17.9 Å². The summed E-state index contributed by atoms with van der Waals surface area (Å²) in [7, 11) is 0. The number of carbonyl (C=O) groups is 1. The summed E-state index contributed by atoms with van der Waals surface area (Å²) in [6.07, 6.45) is 1.49. The van der Waals surface area contributed by atoms with E-state index in [0.29, 0.717) is 12.0 Å². The lowest BCUT2D eigenvalue weighted by Crippen LogP contribution is -2.36. The predicted molar refractivity (Wildman–Crippen MR) is 67.2 cm³/mol. The van der Waals surface area contributed by atoms with Crippen LogP contribution in [0.25, 0.3) is 0 Å². The fourth-order valence-corrected chi connectivity index (χ4v) is 4.52. The van der Waals surface area contributed by atoms with Crippen LogP contribution in [-0.2, 0) is 14.3 Å². The topological polar surface area (TPSA) is 59.1 Å². The van der Waals surface area contributed by atoms with E-state index in [2.05, 4.69) is 20.1 Å². The smallest absolute Gasteiger partial charge is 0.334 e. The first-order valence-corrected chi connectivity index (χ1v) is 6.86. The van der Waals surface area contributed by atoms with Crippen molar-refractivity contribution in [2.75, 3.05) is 0 Å². The second-order valence-corrected chi connectivity index (χ2v) is 6.54. The van der Waals surface area contributed by atoms with Gasteiger partial charge in [-0.05, 0) is 25.3 Å². The number of hydrogen-bond acceptors (Lipinski definition) is 4. The number of fused-ring (bicyclic) bond motifs is 2. The minimum atomic E-state index is -0.557. The van der Waals surface area contributed by atoms with E-state index in [0.717, 1.165) is 18.4 Å². The van der Waals surface area contributed by atoms with Crippen LogP contribution < -0.4 is 0 Å². The Morgan fingerprint density at radius 2 is 2.16 bits per heavy atom. The van der Waals surface area contributed by atoms with Gasteiger partial charge >= 0.3 is 5.97 Å². The van der Waals surface area contributed by atoms with Crippen molar-refractivity contribution in [1.82, 2.24) is 0 Å². The first kappa shape index (κ1) is 11.7. The standard InChI is InChI=1S/C15H18O4/c1-7-9-4-5-14(3)15(19-14)6-10(16)8(2)11(15)12(9)18-13(7)17/h9-12,16H,1-2,4-6H2,3H3. The van der Waals surface area contributed by atoms with E-state index >= 15 is 0 Å². The lowest BCUT2D eigenvalue weighted by molar-refractivity contribution is -0.141. The molecule has 2 heterocycles. The Bertz CT molecular complexity index is 524. The van der Waals surface area contributed by atoms with Crippen molar-refractivity contribution >= 4 is 5.97 Å². The molecule has 4 rings (SSSR count). The average Bonchev–Trinajstić information content (AvgIpc) is 2.72. The minimum Gasteiger partial charge on any atom is -0.458 e. The van der Waals surface area contributed by atoms with E-state index in [4.69, 9.17) is 9.47 Å². The SMILES string of the molecule is C=C1C(=O)OC2C1CCC1(C)OC13CC(O)C(=C)C23. The highest BCUT2D eigenvalue weighted by Gasteiger charge is 2.78. The summed E-state index contributed by atoms with van der Waals surface area (Å²) in [6, 6.07) is 0. The molecule has 102 valence electrons. The van der Waals surface area contributed by atoms with Gasteiger partial charge in [0.1, 0.15) is 11.7 Å². The van der Waals surface area contributed by atoms with Gasteiger partial charge in [-0.3, -0.25) is 0 Å². The molecule has 1 spiro atoms. The minimum absolute atomic E-state index is 0.0460. The Morgan fingerprint density at radius 3 is 2.89 bits per heavy atom. The molecule has 0 bridgehead atoms. The predicted octanol–water partition coefficient (Wildman–Crippen LogP) is 1.34. The number of esters is 1. The van der Waals surface area contributed by atoms with Crippen LogP contribution in [0.5, 0.6) is 0 Å². The molecule has 0 aromatic carbocycles. The fraction of sp³-hybridized carbons (Fsp3) is 0.667. The largest absolute Gasteiger partial charge is 0.458 e. The second kappa shape index (κ2) is 3.13. The zero-order chi connectivity index (χ0) is 13.6. The van der Waals surface area contributed by atoms with Crippen molar-refractivity contribution in [2.24, 2.45) is 11.8 Å². The summed E-state index contributed by atoms with van der Waals surface area (Å²) in [4.78, 5) is 11.8. The molecule has 4 aliphatic rings. The van der Waals surface area contributed by atoms with E-state index in [1.807, 2.05) is 0 Å². The molecule has 2 saturated carbocycles. The molecular weight excluding hydrogens is 244 g/mol. The molecule has 4 fully saturated rings. The zero-order valence-corrected chi connectivity index (χ0v) is 11.0. The van der Waals surface area contributed by atoms with E-state index in [-0.39, 0.29) is 35.1 Å². The maximum absolute atomic E-state index is 11.8. The molecule has 1 N–H and O–H groups in total. The quantitative estimate of drug-likeness (QED) is 0.310. The van der Waals surface area contributed by atoms with Crippen LogP contribution in [0.1, 0.15) is 26.2 Å². The molecule has 2 saturated heterocycles. The van der Waals surface area contributed by atoms with Crippen LogP contribution in [0, 0.1) is 11.8 Å². The van der Waals surface area contributed by atoms with Gasteiger partial charge in [0.05, 0.1) is 17.6 Å². The number of aliphatic hydroxyl groups excluding tert-OH is 1. The van der Waals surface area contributed by atoms with Crippen LogP contribution in [-0.4, -0.2) is 34.5 Å². The molecule has 0 aromatic rings. The summed E-state index contributed by atoms with van der Waals surface area (Å²) >= 11 is 0. The van der Waals surface area contributed by atoms with Gasteiger partial charge in [0.25, 0.3) is 0 Å². The third kappa shape index (κ3) is 1.15. The molecule has 4 heteroatoms. The van der Waals surface area contributed by atoms with Crippen molar-refractivity contribution in [2.45, 2.75) is 49.6 Å². The first-order chi connectivity index (χ1) is 8.90. The molecule has 6 atom stereocenters. The summed E-state index contributed by atoms with van der Waals surface area (Å²) in [5, 5.41) is 10.1. The number of ether oxygens (including phenoxy) is 2. The molecule has 0 radical (unpaired) electrons. The number of rotatable bonds is 0. The maximum Gasteiger partial charge on any atom is 0.334 e. The van der Waals surface area contributed by atoms with E-state index in [1.165, 1.54) is 0 Å². The van der Waals surface area contributed by atoms with E-state index < -0.39 is 6.10 Å². The van der Waals surface area contributed by atoms with E-state index in [1.54, 1.807) is 0 Å². The number of aliphatic hydroxyl groups is 1. The zero-order valence-electron chi connectivity index (χ0n) is 11.0. The van der Waals surface area contributed by atoms with Gasteiger partial charge in [0.15, 0.2) is 0 Å². The molecule has 4 nitrogen and oxygen atoms in total. The Kier molecular flexibility index (Phi) is 1.92. The highest BCUT2D eigenvalue weighted by molar-refractivity contribution is 5.91. The third-order valence-corrected chi connectivity index (χ3v) is 5.70. The Morgan fingerprint density at radius 1 is 1.42 bits per heavy atom. The summed E-state index contributed by atoms with van der Waals surface area (Å²) in [5.41, 5.74) is 0.727. The maximum atomic E-state index is 11.8. The number of hydrogen-bond donors (Lipinski definition) is 1. The summed E-state index contributed by atoms with van der Waals surface area (Å²) in [5.74, 6) is -0.351. The first-order valence-electron chi connectivity index (χ1n) is 6.86. The van der Waals surface area contributed by atoms with Gasteiger partial charge in [-0.15, -0.1) is 0 Å². The summed E-state index contributed by atoms with van der Waals surface area (Å²) < 4.78 is 11.6. The van der Waals surface area contributed by atoms with Gasteiger partial charge in [-0.2, -0.15) is 0 Å². The van der Waals surface area contributed by atoms with Crippen molar-refractivity contribution < 1.29 is 19.4 Å². The second-order valence-electron chi connectivity index (χ2n) is 6.54. The lowest BCUT2D eigenvalue weighted by Gasteiger charge is -2.25. The van der Waals surface area contributed by atoms with Crippen molar-refractivity contribution in [3.63, 3.8) is 0 Å². The number of epoxide rings is 1. The Balaban J connectivity index is 1.81. The Labute approximate surface area is 112 Å². The van der Waals surface area contributed by atoms with Crippen LogP contribution in [0.15, 0.2) is 24.3 Å². The Hall–Kier alpha value is -1.13. The average molecular weight is 262 g/mol. The molecular formula is C15H18O4. The highest BCUT2D eigenvalue weighted by Crippen LogP contribution is 2.68. The van der Waals surface area contributed by atoms with Crippen LogP contribution in [0.2, 0.25) is 0 Å². The van der Waals surface area contributed by atoms with Gasteiger partial charge in [-0.1, -0.05) is 13.2 Å². The van der Waals surface area contributed by atoms with Crippen molar-refractivity contribution in [1.29, 1.82) is 0 Å². The molecule has 0 amide bonds. The third-order valence-electron chi connectivity index (χ3n) is 5.70. The van der Waals surface area contributed by atoms with Crippen LogP contribution in [0.3, 0.4) is 0 Å². The highest BCUT2D eigenvalue weighted by atomic mass is 16.6. The molecule has 2 aliphatic heterocycles. The lowest BCUT2D eigenvalue weighted by atomic mass is 9.80. The van der Waals surface area contributed by atoms with Gasteiger partial charge < -0.3 is 14.6 Å². The van der Waals surface area contributed by atoms with Gasteiger partial charge in [0.2, 0.25) is 0 Å². The van der Waals surface area contributed by atoms with Crippen molar-refractivity contribution in [3.05, 3.63) is 24.3 Å².